The van der Waals surface area contributed by atoms with Crippen molar-refractivity contribution >= 4 is 38.2 Å². The number of fused-ring (bicyclic) bond motifs is 1. The van der Waals surface area contributed by atoms with Crippen LogP contribution in [0.1, 0.15) is 35.0 Å². The van der Waals surface area contributed by atoms with Gasteiger partial charge in [-0.25, -0.2) is 17.8 Å². The number of aromatic nitrogens is 3. The Morgan fingerprint density at radius 2 is 1.83 bits per heavy atom. The number of anilines is 2. The largest absolute Gasteiger partial charge is 0.508 e. The fourth-order valence-corrected chi connectivity index (χ4v) is 4.77. The van der Waals surface area contributed by atoms with Gasteiger partial charge in [-0.1, -0.05) is 13.0 Å². The Morgan fingerprint density at radius 3 is 2.46 bits per heavy atom. The summed E-state index contributed by atoms with van der Waals surface area (Å²) in [6.07, 6.45) is -5.09. The average Bonchev–Trinajstić information content (AvgIpc) is 3.31. The van der Waals surface area contributed by atoms with E-state index in [0.717, 1.165) is 16.6 Å². The van der Waals surface area contributed by atoms with E-state index in [1.807, 2.05) is 0 Å². The summed E-state index contributed by atoms with van der Waals surface area (Å²) in [5, 5.41) is 29.6. The van der Waals surface area contributed by atoms with Gasteiger partial charge in [0.15, 0.2) is 17.3 Å². The van der Waals surface area contributed by atoms with Gasteiger partial charge >= 0.3 is 6.18 Å². The molecule has 0 unspecified atom stereocenters. The normalized spacial score (nSPS) is 12.1. The number of nitrogens with zero attached hydrogens (tertiary/aromatic N) is 3. The summed E-state index contributed by atoms with van der Waals surface area (Å²) in [7, 11) is -2.43. The van der Waals surface area contributed by atoms with Gasteiger partial charge in [-0.2, -0.15) is 18.3 Å². The van der Waals surface area contributed by atoms with Gasteiger partial charge in [0.25, 0.3) is 0 Å². The molecule has 0 atom stereocenters. The number of rotatable bonds is 9. The van der Waals surface area contributed by atoms with E-state index in [4.69, 9.17) is 0 Å². The Labute approximate surface area is 231 Å². The second-order valence-corrected chi connectivity index (χ2v) is 11.3. The number of pyridine rings is 1. The molecule has 0 saturated carbocycles. The number of carbonyl (C=O) groups is 1. The number of aromatic hydroxyl groups is 2. The third kappa shape index (κ3) is 6.34. The number of Topliss-reactive ketones (excluding diaryl/α,β-unsaturated/α-hetero) is 1. The van der Waals surface area contributed by atoms with Crippen molar-refractivity contribution in [3.8, 4) is 22.8 Å². The maximum Gasteiger partial charge on any atom is 0.393 e. The van der Waals surface area contributed by atoms with E-state index in [1.165, 1.54) is 31.3 Å². The van der Waals surface area contributed by atoms with E-state index < -0.39 is 39.8 Å². The van der Waals surface area contributed by atoms with Crippen molar-refractivity contribution in [1.82, 2.24) is 15.2 Å². The van der Waals surface area contributed by atoms with Crippen molar-refractivity contribution in [3.05, 3.63) is 59.0 Å². The Hall–Kier alpha value is -4.40. The second-order valence-electron chi connectivity index (χ2n) is 9.28. The minimum absolute atomic E-state index is 0.00414. The van der Waals surface area contributed by atoms with Crippen LogP contribution in [0.5, 0.6) is 11.5 Å². The number of sulfonamides is 1. The van der Waals surface area contributed by atoms with Crippen LogP contribution < -0.4 is 9.62 Å². The molecule has 41 heavy (non-hydrogen) atoms. The molecule has 0 aliphatic rings. The van der Waals surface area contributed by atoms with Gasteiger partial charge in [-0.3, -0.25) is 14.2 Å². The van der Waals surface area contributed by atoms with Crippen molar-refractivity contribution in [2.24, 2.45) is 0 Å². The summed E-state index contributed by atoms with van der Waals surface area (Å²) in [4.78, 5) is 17.0. The lowest BCUT2D eigenvalue weighted by Gasteiger charge is -2.21. The fraction of sp³-hybridized carbons (Fsp3) is 0.269. The lowest BCUT2D eigenvalue weighted by Crippen LogP contribution is -2.26. The smallest absolute Gasteiger partial charge is 0.393 e. The minimum atomic E-state index is -4.68. The molecule has 2 aromatic carbocycles. The number of H-pyrrole nitrogens is 1. The summed E-state index contributed by atoms with van der Waals surface area (Å²) in [5.41, 5.74) is -0.0576. The number of hydrogen-bond donors (Lipinski definition) is 4. The Bertz CT molecular complexity index is 1760. The molecule has 0 radical (unpaired) electrons. The highest BCUT2D eigenvalue weighted by Gasteiger charge is 2.31. The highest BCUT2D eigenvalue weighted by atomic mass is 32.2. The molecule has 0 aliphatic carbocycles. The Balaban J connectivity index is 1.88. The van der Waals surface area contributed by atoms with Crippen LogP contribution in [0.25, 0.3) is 22.2 Å². The van der Waals surface area contributed by atoms with Gasteiger partial charge in [0.2, 0.25) is 10.0 Å². The van der Waals surface area contributed by atoms with Gasteiger partial charge in [0.1, 0.15) is 17.3 Å². The van der Waals surface area contributed by atoms with Crippen molar-refractivity contribution in [1.29, 1.82) is 0 Å². The zero-order valence-corrected chi connectivity index (χ0v) is 22.8. The third-order valence-electron chi connectivity index (χ3n) is 6.32. The summed E-state index contributed by atoms with van der Waals surface area (Å²) in [6.45, 7) is 1.51. The number of alkyl halides is 3. The standard InChI is InChI=1S/C26H25F4N5O5S/c1-4-21(37)24-23-19(33-34-24)10-18(16-9-17(27)22(38)7-14(16)11-26(28,29)30)32-25(23)31-12-13-5-6-15(36)8-20(13)35(2)41(3,39)40/h5-10,36,38H,4,11-12H2,1-3H3,(H,31,32)(H,33,34). The number of carbonyl (C=O) groups excluding carboxylic acids is 1. The second kappa shape index (κ2) is 10.9. The number of phenols is 2. The first-order chi connectivity index (χ1) is 19.1. The maximum atomic E-state index is 14.4. The minimum Gasteiger partial charge on any atom is -0.508 e. The van der Waals surface area contributed by atoms with E-state index in [1.54, 1.807) is 6.92 Å². The molecule has 0 amide bonds. The van der Waals surface area contributed by atoms with Crippen molar-refractivity contribution in [3.63, 3.8) is 0 Å². The van der Waals surface area contributed by atoms with Gasteiger partial charge in [0, 0.05) is 31.6 Å². The van der Waals surface area contributed by atoms with Crippen molar-refractivity contribution in [2.45, 2.75) is 32.5 Å². The summed E-state index contributed by atoms with van der Waals surface area (Å²) in [5.74, 6) is -2.68. The number of benzene rings is 2. The molecule has 4 N–H and O–H groups in total. The van der Waals surface area contributed by atoms with E-state index in [0.29, 0.717) is 11.6 Å². The number of nitrogens with one attached hydrogen (secondary N) is 2. The Kier molecular flexibility index (Phi) is 7.85. The molecule has 4 rings (SSSR count). The molecule has 15 heteroatoms. The molecule has 2 aromatic heterocycles. The molecule has 0 saturated heterocycles. The van der Waals surface area contributed by atoms with Crippen molar-refractivity contribution in [2.75, 3.05) is 22.9 Å². The molecule has 4 aromatic rings. The molecular formula is C26H25F4N5O5S. The van der Waals surface area contributed by atoms with Crippen LogP contribution in [-0.2, 0) is 23.0 Å². The number of ketones is 1. The zero-order valence-electron chi connectivity index (χ0n) is 22.0. The molecular weight excluding hydrogens is 570 g/mol. The molecule has 0 fully saturated rings. The highest BCUT2D eigenvalue weighted by Crippen LogP contribution is 2.36. The fourth-order valence-electron chi connectivity index (χ4n) is 4.24. The molecule has 0 spiro atoms. The number of halogens is 4. The first-order valence-electron chi connectivity index (χ1n) is 12.1. The number of hydrogen-bond acceptors (Lipinski definition) is 8. The van der Waals surface area contributed by atoms with Gasteiger partial charge in [0.05, 0.1) is 35.0 Å². The lowest BCUT2D eigenvalue weighted by atomic mass is 9.99. The average molecular weight is 596 g/mol. The quantitative estimate of drug-likeness (QED) is 0.158. The van der Waals surface area contributed by atoms with Gasteiger partial charge < -0.3 is 15.5 Å². The molecule has 0 aliphatic heterocycles. The van der Waals surface area contributed by atoms with E-state index in [2.05, 4.69) is 20.5 Å². The first kappa shape index (κ1) is 29.6. The summed E-state index contributed by atoms with van der Waals surface area (Å²) < 4.78 is 79.7. The molecule has 10 nitrogen and oxygen atoms in total. The zero-order chi connectivity index (χ0) is 30.3. The molecule has 2 heterocycles. The van der Waals surface area contributed by atoms with Gasteiger partial charge in [-0.15, -0.1) is 0 Å². The Morgan fingerprint density at radius 1 is 1.12 bits per heavy atom. The highest BCUT2D eigenvalue weighted by molar-refractivity contribution is 7.92. The van der Waals surface area contributed by atoms with Crippen LogP contribution >= 0.6 is 0 Å². The predicted octanol–water partition coefficient (Wildman–Crippen LogP) is 4.88. The number of aromatic amines is 1. The van der Waals surface area contributed by atoms with Crippen LogP contribution in [0.4, 0.5) is 29.1 Å². The van der Waals surface area contributed by atoms with Crippen LogP contribution in [0, 0.1) is 5.82 Å². The van der Waals surface area contributed by atoms with Crippen molar-refractivity contribution < 1.29 is 41.0 Å². The topological polar surface area (TPSA) is 149 Å². The van der Waals surface area contributed by atoms with Crippen LogP contribution in [0.15, 0.2) is 36.4 Å². The van der Waals surface area contributed by atoms with Crippen LogP contribution in [-0.4, -0.2) is 59.1 Å². The molecule has 0 bridgehead atoms. The third-order valence-corrected chi connectivity index (χ3v) is 7.51. The monoisotopic (exact) mass is 595 g/mol. The maximum absolute atomic E-state index is 14.4. The first-order valence-corrected chi connectivity index (χ1v) is 13.9. The van der Waals surface area contributed by atoms with Gasteiger partial charge in [-0.05, 0) is 35.4 Å². The van der Waals surface area contributed by atoms with Crippen LogP contribution in [0.2, 0.25) is 0 Å². The lowest BCUT2D eigenvalue weighted by molar-refractivity contribution is -0.127. The SMILES string of the molecule is CCC(=O)c1n[nH]c2cc(-c3cc(F)c(O)cc3CC(F)(F)F)nc(NCc3ccc(O)cc3N(C)S(C)(=O)=O)c12. The van der Waals surface area contributed by atoms with E-state index >= 15 is 0 Å². The molecule has 218 valence electrons. The summed E-state index contributed by atoms with van der Waals surface area (Å²) in [6, 6.07) is 6.77. The predicted molar refractivity (Wildman–Crippen MR) is 144 cm³/mol. The van der Waals surface area contributed by atoms with E-state index in [-0.39, 0.29) is 63.9 Å². The van der Waals surface area contributed by atoms with E-state index in [9.17, 15) is 41.0 Å². The van der Waals surface area contributed by atoms with Crippen LogP contribution in [0.3, 0.4) is 0 Å². The number of phenolic OH excluding ortho intramolecular Hbond substituents is 2. The summed E-state index contributed by atoms with van der Waals surface area (Å²) >= 11 is 0.